The second-order valence-corrected chi connectivity index (χ2v) is 5.08. The maximum Gasteiger partial charge on any atom is 0.170 e. The average molecular weight is 281 g/mol. The molecule has 110 valence electrons. The Morgan fingerprint density at radius 3 is 2.95 bits per heavy atom. The molecule has 0 aliphatic heterocycles. The van der Waals surface area contributed by atoms with Crippen molar-refractivity contribution < 1.29 is 14.3 Å². The van der Waals surface area contributed by atoms with Crippen molar-refractivity contribution in [1.82, 2.24) is 5.32 Å². The molecule has 0 spiro atoms. The van der Waals surface area contributed by atoms with Crippen molar-refractivity contribution in [2.24, 2.45) is 10.9 Å². The van der Waals surface area contributed by atoms with Crippen molar-refractivity contribution in [3.8, 4) is 0 Å². The monoisotopic (exact) mass is 281 g/mol. The van der Waals surface area contributed by atoms with Gasteiger partial charge in [0.15, 0.2) is 5.84 Å². The van der Waals surface area contributed by atoms with Gasteiger partial charge in [-0.3, -0.25) is 0 Å². The smallest absolute Gasteiger partial charge is 0.170 e. The maximum atomic E-state index is 13.5. The minimum absolute atomic E-state index is 0.0916. The average Bonchev–Trinajstić information content (AvgIpc) is 2.91. The standard InChI is InChI=1S/C14H20FN3O2/c1-20-13-3-2-12(7-13)17-8-9-4-10(14(16)18-19)6-11(15)5-9/h4-6,12-13,17,19H,2-3,7-8H2,1H3,(H2,16,18). The molecule has 2 atom stereocenters. The molecule has 1 aromatic carbocycles. The third kappa shape index (κ3) is 3.68. The van der Waals surface area contributed by atoms with Gasteiger partial charge in [0.05, 0.1) is 6.10 Å². The number of amidine groups is 1. The first-order valence-corrected chi connectivity index (χ1v) is 6.66. The highest BCUT2D eigenvalue weighted by atomic mass is 19.1. The van der Waals surface area contributed by atoms with Gasteiger partial charge in [-0.25, -0.2) is 4.39 Å². The molecule has 0 bridgehead atoms. The number of nitrogens with two attached hydrogens (primary N) is 1. The van der Waals surface area contributed by atoms with Gasteiger partial charge in [0.25, 0.3) is 0 Å². The summed E-state index contributed by atoms with van der Waals surface area (Å²) < 4.78 is 18.8. The van der Waals surface area contributed by atoms with Crippen molar-refractivity contribution in [3.63, 3.8) is 0 Å². The molecule has 4 N–H and O–H groups in total. The summed E-state index contributed by atoms with van der Waals surface area (Å²) in [6, 6.07) is 4.79. The van der Waals surface area contributed by atoms with Gasteiger partial charge in [-0.15, -0.1) is 0 Å². The summed E-state index contributed by atoms with van der Waals surface area (Å²) in [6.07, 6.45) is 3.39. The molecule has 5 nitrogen and oxygen atoms in total. The zero-order chi connectivity index (χ0) is 14.5. The van der Waals surface area contributed by atoms with Crippen LogP contribution < -0.4 is 11.1 Å². The fourth-order valence-corrected chi connectivity index (χ4v) is 2.56. The molecule has 0 saturated heterocycles. The number of benzene rings is 1. The minimum Gasteiger partial charge on any atom is -0.409 e. The molecular weight excluding hydrogens is 261 g/mol. The van der Waals surface area contributed by atoms with Crippen LogP contribution in [0.1, 0.15) is 30.4 Å². The van der Waals surface area contributed by atoms with Crippen LogP contribution in [-0.2, 0) is 11.3 Å². The van der Waals surface area contributed by atoms with Crippen LogP contribution in [0.15, 0.2) is 23.4 Å². The lowest BCUT2D eigenvalue weighted by Gasteiger charge is -2.13. The van der Waals surface area contributed by atoms with Crippen LogP contribution in [0.4, 0.5) is 4.39 Å². The SMILES string of the molecule is COC1CCC(NCc2cc(F)cc(/C(N)=N/O)c2)C1. The Labute approximate surface area is 117 Å². The fourth-order valence-electron chi connectivity index (χ4n) is 2.56. The molecule has 2 unspecified atom stereocenters. The van der Waals surface area contributed by atoms with E-state index in [4.69, 9.17) is 15.7 Å². The van der Waals surface area contributed by atoms with Gasteiger partial charge < -0.3 is 21.0 Å². The van der Waals surface area contributed by atoms with Crippen molar-refractivity contribution in [1.29, 1.82) is 0 Å². The number of oxime groups is 1. The van der Waals surface area contributed by atoms with E-state index < -0.39 is 5.82 Å². The number of hydrogen-bond acceptors (Lipinski definition) is 4. The summed E-state index contributed by atoms with van der Waals surface area (Å²) >= 11 is 0. The number of methoxy groups -OCH3 is 1. The Balaban J connectivity index is 1.98. The lowest BCUT2D eigenvalue weighted by molar-refractivity contribution is 0.107. The van der Waals surface area contributed by atoms with Gasteiger partial charge in [-0.2, -0.15) is 0 Å². The van der Waals surface area contributed by atoms with Crippen LogP contribution in [0.25, 0.3) is 0 Å². The van der Waals surface area contributed by atoms with Gasteiger partial charge >= 0.3 is 0 Å². The normalized spacial score (nSPS) is 23.2. The van der Waals surface area contributed by atoms with Crippen molar-refractivity contribution >= 4 is 5.84 Å². The van der Waals surface area contributed by atoms with Gasteiger partial charge in [-0.05, 0) is 43.0 Å². The van der Waals surface area contributed by atoms with Crippen LogP contribution >= 0.6 is 0 Å². The summed E-state index contributed by atoms with van der Waals surface area (Å²) in [5.41, 5.74) is 6.63. The van der Waals surface area contributed by atoms with Crippen molar-refractivity contribution in [2.45, 2.75) is 38.0 Å². The summed E-state index contributed by atoms with van der Waals surface area (Å²) in [6.45, 7) is 0.546. The Morgan fingerprint density at radius 1 is 1.50 bits per heavy atom. The molecule has 0 amide bonds. The van der Waals surface area contributed by atoms with Crippen LogP contribution in [0.5, 0.6) is 0 Å². The number of hydrogen-bond donors (Lipinski definition) is 3. The zero-order valence-electron chi connectivity index (χ0n) is 11.5. The van der Waals surface area contributed by atoms with E-state index in [0.717, 1.165) is 24.8 Å². The number of nitrogens with zero attached hydrogens (tertiary/aromatic N) is 1. The third-order valence-corrected chi connectivity index (χ3v) is 3.67. The Morgan fingerprint density at radius 2 is 2.30 bits per heavy atom. The van der Waals surface area contributed by atoms with E-state index in [-0.39, 0.29) is 5.84 Å². The summed E-state index contributed by atoms with van der Waals surface area (Å²) in [4.78, 5) is 0. The first-order chi connectivity index (χ1) is 9.62. The molecule has 2 rings (SSSR count). The van der Waals surface area contributed by atoms with E-state index in [1.54, 1.807) is 13.2 Å². The van der Waals surface area contributed by atoms with Crippen molar-refractivity contribution in [2.75, 3.05) is 7.11 Å². The highest BCUT2D eigenvalue weighted by Gasteiger charge is 2.23. The zero-order valence-corrected chi connectivity index (χ0v) is 11.5. The minimum atomic E-state index is -0.396. The molecule has 1 fully saturated rings. The van der Waals surface area contributed by atoms with Gasteiger partial charge in [-0.1, -0.05) is 5.16 Å². The quantitative estimate of drug-likeness (QED) is 0.331. The molecule has 1 saturated carbocycles. The largest absolute Gasteiger partial charge is 0.409 e. The second kappa shape index (κ2) is 6.67. The predicted octanol–water partition coefficient (Wildman–Crippen LogP) is 1.58. The molecule has 1 aliphatic rings. The van der Waals surface area contributed by atoms with Crippen molar-refractivity contribution in [3.05, 3.63) is 35.1 Å². The van der Waals surface area contributed by atoms with E-state index >= 15 is 0 Å². The molecular formula is C14H20FN3O2. The molecule has 1 aliphatic carbocycles. The Kier molecular flexibility index (Phi) is 4.92. The lowest BCUT2D eigenvalue weighted by Crippen LogP contribution is -2.27. The van der Waals surface area contributed by atoms with Gasteiger partial charge in [0.2, 0.25) is 0 Å². The van der Waals surface area contributed by atoms with E-state index in [0.29, 0.717) is 24.3 Å². The maximum absolute atomic E-state index is 13.5. The topological polar surface area (TPSA) is 79.9 Å². The first-order valence-electron chi connectivity index (χ1n) is 6.66. The van der Waals surface area contributed by atoms with E-state index in [1.807, 2.05) is 0 Å². The van der Waals surface area contributed by atoms with E-state index in [2.05, 4.69) is 10.5 Å². The molecule has 20 heavy (non-hydrogen) atoms. The van der Waals surface area contributed by atoms with Crippen LogP contribution in [0.2, 0.25) is 0 Å². The number of ether oxygens (including phenoxy) is 1. The predicted molar refractivity (Wildman–Crippen MR) is 74.2 cm³/mol. The Bertz CT molecular complexity index is 493. The van der Waals surface area contributed by atoms with Crippen LogP contribution in [0.3, 0.4) is 0 Å². The summed E-state index contributed by atoms with van der Waals surface area (Å²) in [5.74, 6) is -0.488. The second-order valence-electron chi connectivity index (χ2n) is 5.08. The molecule has 0 heterocycles. The molecule has 6 heteroatoms. The van der Waals surface area contributed by atoms with E-state index in [9.17, 15) is 4.39 Å². The van der Waals surface area contributed by atoms with Gasteiger partial charge in [0.1, 0.15) is 5.82 Å². The van der Waals surface area contributed by atoms with E-state index in [1.165, 1.54) is 12.1 Å². The summed E-state index contributed by atoms with van der Waals surface area (Å²) in [5, 5.41) is 14.9. The highest BCUT2D eigenvalue weighted by Crippen LogP contribution is 2.21. The molecule has 1 aromatic rings. The van der Waals surface area contributed by atoms with Gasteiger partial charge in [0, 0.05) is 25.3 Å². The molecule has 0 aromatic heterocycles. The Hall–Kier alpha value is -1.66. The third-order valence-electron chi connectivity index (χ3n) is 3.67. The fraction of sp³-hybridized carbons (Fsp3) is 0.500. The van der Waals surface area contributed by atoms with Crippen LogP contribution in [-0.4, -0.2) is 30.3 Å². The number of nitrogens with one attached hydrogen (secondary N) is 1. The first kappa shape index (κ1) is 14.7. The number of rotatable bonds is 5. The molecule has 0 radical (unpaired) electrons. The summed E-state index contributed by atoms with van der Waals surface area (Å²) in [7, 11) is 1.73. The highest BCUT2D eigenvalue weighted by molar-refractivity contribution is 5.97. The number of halogens is 1. The van der Waals surface area contributed by atoms with Crippen LogP contribution in [0, 0.1) is 5.82 Å². The lowest BCUT2D eigenvalue weighted by atomic mass is 10.1.